The first kappa shape index (κ1) is 13.9. The molecule has 0 aliphatic heterocycles. The minimum absolute atomic E-state index is 0.184. The standard InChI is InChI=1S/C16H15N5O/c1-8-4-5-14(22-8)11-6-13(19-16(18)12(11)7-17)15-9(2)20-21-10(15)3/h4-6H,1-3H3,(H2,18,19)(H,20,21). The second kappa shape index (κ2) is 5.04. The van der Waals surface area contributed by atoms with E-state index in [1.54, 1.807) is 0 Å². The van der Waals surface area contributed by atoms with Crippen molar-refractivity contribution in [3.05, 3.63) is 40.9 Å². The lowest BCUT2D eigenvalue weighted by Gasteiger charge is -2.08. The van der Waals surface area contributed by atoms with Gasteiger partial charge in [0, 0.05) is 16.8 Å². The van der Waals surface area contributed by atoms with Gasteiger partial charge in [-0.15, -0.1) is 0 Å². The Morgan fingerprint density at radius 1 is 1.27 bits per heavy atom. The van der Waals surface area contributed by atoms with Gasteiger partial charge >= 0.3 is 0 Å². The highest BCUT2D eigenvalue weighted by Gasteiger charge is 2.18. The summed E-state index contributed by atoms with van der Waals surface area (Å²) in [5.74, 6) is 1.55. The lowest BCUT2D eigenvalue weighted by molar-refractivity contribution is 0.548. The summed E-state index contributed by atoms with van der Waals surface area (Å²) in [4.78, 5) is 4.35. The molecule has 0 aliphatic rings. The first-order valence-electron chi connectivity index (χ1n) is 6.80. The van der Waals surface area contributed by atoms with Gasteiger partial charge in [-0.3, -0.25) is 5.10 Å². The predicted octanol–water partition coefficient (Wildman–Crippen LogP) is 3.11. The molecule has 0 aliphatic carbocycles. The Hall–Kier alpha value is -3.07. The Labute approximate surface area is 127 Å². The van der Waals surface area contributed by atoms with Crippen molar-refractivity contribution in [1.29, 1.82) is 5.26 Å². The number of rotatable bonds is 2. The molecule has 3 aromatic heterocycles. The number of nitrogens with two attached hydrogens (primary N) is 1. The predicted molar refractivity (Wildman–Crippen MR) is 82.9 cm³/mol. The summed E-state index contributed by atoms with van der Waals surface area (Å²) in [6, 6.07) is 7.59. The van der Waals surface area contributed by atoms with Crippen LogP contribution >= 0.6 is 0 Å². The number of aromatic amines is 1. The molecule has 22 heavy (non-hydrogen) atoms. The van der Waals surface area contributed by atoms with E-state index in [4.69, 9.17) is 10.2 Å². The van der Waals surface area contributed by atoms with Gasteiger partial charge in [0.15, 0.2) is 0 Å². The highest BCUT2D eigenvalue weighted by atomic mass is 16.3. The molecule has 0 unspecified atom stereocenters. The van der Waals surface area contributed by atoms with Crippen LogP contribution in [0.15, 0.2) is 22.6 Å². The number of hydrogen-bond donors (Lipinski definition) is 2. The third-order valence-corrected chi connectivity index (χ3v) is 3.55. The zero-order chi connectivity index (χ0) is 15.9. The zero-order valence-corrected chi connectivity index (χ0v) is 12.6. The Balaban J connectivity index is 2.28. The number of H-pyrrole nitrogens is 1. The van der Waals surface area contributed by atoms with Gasteiger partial charge < -0.3 is 10.2 Å². The smallest absolute Gasteiger partial charge is 0.142 e. The molecular formula is C16H15N5O. The molecule has 0 saturated heterocycles. The van der Waals surface area contributed by atoms with E-state index in [0.717, 1.165) is 22.7 Å². The van der Waals surface area contributed by atoms with Gasteiger partial charge in [0.25, 0.3) is 0 Å². The highest BCUT2D eigenvalue weighted by Crippen LogP contribution is 2.33. The molecule has 0 spiro atoms. The van der Waals surface area contributed by atoms with E-state index in [-0.39, 0.29) is 5.82 Å². The molecule has 6 nitrogen and oxygen atoms in total. The topological polar surface area (TPSA) is 105 Å². The molecule has 6 heteroatoms. The minimum Gasteiger partial charge on any atom is -0.461 e. The Morgan fingerprint density at radius 3 is 2.59 bits per heavy atom. The van der Waals surface area contributed by atoms with Crippen molar-refractivity contribution in [2.45, 2.75) is 20.8 Å². The number of nitrogens with zero attached hydrogens (tertiary/aromatic N) is 3. The summed E-state index contributed by atoms with van der Waals surface area (Å²) in [7, 11) is 0. The number of aromatic nitrogens is 3. The van der Waals surface area contributed by atoms with Crippen LogP contribution in [0.5, 0.6) is 0 Å². The molecule has 110 valence electrons. The number of anilines is 1. The van der Waals surface area contributed by atoms with Crippen molar-refractivity contribution in [1.82, 2.24) is 15.2 Å². The number of furan rings is 1. The molecule has 3 heterocycles. The number of nitriles is 1. The lowest BCUT2D eigenvalue weighted by Crippen LogP contribution is -2.00. The molecule has 0 amide bonds. The van der Waals surface area contributed by atoms with Crippen molar-refractivity contribution >= 4 is 5.82 Å². The van der Waals surface area contributed by atoms with Crippen LogP contribution < -0.4 is 5.73 Å². The van der Waals surface area contributed by atoms with E-state index in [1.165, 1.54) is 0 Å². The maximum absolute atomic E-state index is 9.37. The van der Waals surface area contributed by atoms with E-state index in [1.807, 2.05) is 39.0 Å². The van der Waals surface area contributed by atoms with E-state index >= 15 is 0 Å². The third kappa shape index (κ3) is 2.13. The number of aryl methyl sites for hydroxylation is 3. The monoisotopic (exact) mass is 293 g/mol. The lowest BCUT2D eigenvalue weighted by atomic mass is 10.0. The van der Waals surface area contributed by atoms with E-state index < -0.39 is 0 Å². The van der Waals surface area contributed by atoms with Crippen LogP contribution in [0.3, 0.4) is 0 Å². The molecular weight excluding hydrogens is 278 g/mol. The fourth-order valence-corrected chi connectivity index (χ4v) is 2.51. The average Bonchev–Trinajstić information content (AvgIpc) is 3.04. The van der Waals surface area contributed by atoms with Gasteiger partial charge in [0.2, 0.25) is 0 Å². The summed E-state index contributed by atoms with van der Waals surface area (Å²) >= 11 is 0. The third-order valence-electron chi connectivity index (χ3n) is 3.55. The summed E-state index contributed by atoms with van der Waals surface area (Å²) in [6.45, 7) is 5.67. The zero-order valence-electron chi connectivity index (χ0n) is 12.6. The Bertz CT molecular complexity index is 878. The second-order valence-corrected chi connectivity index (χ2v) is 5.15. The van der Waals surface area contributed by atoms with Crippen molar-refractivity contribution in [3.63, 3.8) is 0 Å². The summed E-state index contributed by atoms with van der Waals surface area (Å²) in [6.07, 6.45) is 0. The minimum atomic E-state index is 0.184. The van der Waals surface area contributed by atoms with Crippen molar-refractivity contribution in [3.8, 4) is 28.7 Å². The SMILES string of the molecule is Cc1ccc(-c2cc(-c3c(C)n[nH]c3C)nc(N)c2C#N)o1. The van der Waals surface area contributed by atoms with Crippen molar-refractivity contribution in [2.75, 3.05) is 5.73 Å². The van der Waals surface area contributed by atoms with Gasteiger partial charge in [-0.2, -0.15) is 10.4 Å². The van der Waals surface area contributed by atoms with Crippen LogP contribution in [0.25, 0.3) is 22.6 Å². The van der Waals surface area contributed by atoms with Gasteiger partial charge in [-0.05, 0) is 39.0 Å². The second-order valence-electron chi connectivity index (χ2n) is 5.15. The highest BCUT2D eigenvalue weighted by molar-refractivity contribution is 5.79. The van der Waals surface area contributed by atoms with Crippen LogP contribution in [0.1, 0.15) is 22.7 Å². The first-order chi connectivity index (χ1) is 10.5. The maximum Gasteiger partial charge on any atom is 0.142 e. The van der Waals surface area contributed by atoms with Gasteiger partial charge in [-0.1, -0.05) is 0 Å². The number of nitrogens with one attached hydrogen (secondary N) is 1. The molecule has 3 N–H and O–H groups in total. The van der Waals surface area contributed by atoms with Gasteiger partial charge in [0.1, 0.15) is 29.0 Å². The van der Waals surface area contributed by atoms with Crippen LogP contribution in [-0.2, 0) is 0 Å². The Kier molecular flexibility index (Phi) is 3.18. The number of hydrogen-bond acceptors (Lipinski definition) is 5. The fraction of sp³-hybridized carbons (Fsp3) is 0.188. The van der Waals surface area contributed by atoms with Crippen LogP contribution in [0.4, 0.5) is 5.82 Å². The molecule has 3 aromatic rings. The molecule has 0 atom stereocenters. The van der Waals surface area contributed by atoms with Crippen molar-refractivity contribution in [2.24, 2.45) is 0 Å². The maximum atomic E-state index is 9.37. The first-order valence-corrected chi connectivity index (χ1v) is 6.80. The van der Waals surface area contributed by atoms with E-state index in [0.29, 0.717) is 22.6 Å². The summed E-state index contributed by atoms with van der Waals surface area (Å²) < 4.78 is 5.64. The van der Waals surface area contributed by atoms with Crippen LogP contribution in [0, 0.1) is 32.1 Å². The van der Waals surface area contributed by atoms with E-state index in [2.05, 4.69) is 21.3 Å². The molecule has 0 bridgehead atoms. The summed E-state index contributed by atoms with van der Waals surface area (Å²) in [5.41, 5.74) is 10.2. The van der Waals surface area contributed by atoms with Gasteiger partial charge in [0.05, 0.1) is 11.4 Å². The normalized spacial score (nSPS) is 10.6. The molecule has 3 rings (SSSR count). The molecule has 0 saturated carbocycles. The largest absolute Gasteiger partial charge is 0.461 e. The fourth-order valence-electron chi connectivity index (χ4n) is 2.51. The van der Waals surface area contributed by atoms with Crippen molar-refractivity contribution < 1.29 is 4.42 Å². The molecule has 0 radical (unpaired) electrons. The Morgan fingerprint density at radius 2 is 2.05 bits per heavy atom. The van der Waals surface area contributed by atoms with Gasteiger partial charge in [-0.25, -0.2) is 4.98 Å². The van der Waals surface area contributed by atoms with Crippen LogP contribution in [0.2, 0.25) is 0 Å². The molecule has 0 fully saturated rings. The molecule has 0 aromatic carbocycles. The van der Waals surface area contributed by atoms with E-state index in [9.17, 15) is 5.26 Å². The average molecular weight is 293 g/mol. The summed E-state index contributed by atoms with van der Waals surface area (Å²) in [5, 5.41) is 16.5. The quantitative estimate of drug-likeness (QED) is 0.755. The number of nitrogen functional groups attached to an aromatic ring is 1. The number of pyridine rings is 1. The van der Waals surface area contributed by atoms with Crippen LogP contribution in [-0.4, -0.2) is 15.2 Å².